The summed E-state index contributed by atoms with van der Waals surface area (Å²) in [6.45, 7) is 6.36. The Morgan fingerprint density at radius 1 is 0.508 bits per heavy atom. The zero-order chi connectivity index (χ0) is 43.1. The Balaban J connectivity index is 4.57. The fourth-order valence-corrected chi connectivity index (χ4v) is 7.90. The van der Waals surface area contributed by atoms with E-state index in [2.05, 4.69) is 62.5 Å². The molecule has 0 spiro atoms. The molecule has 3 unspecified atom stereocenters. The van der Waals surface area contributed by atoms with Crippen molar-refractivity contribution in [2.45, 2.75) is 283 Å². The smallest absolute Gasteiger partial charge is 0.306 e. The number of carbonyl (C=O) groups excluding carboxylic acids is 2. The molecular formula is C53H99NO5. The first-order valence-electron chi connectivity index (χ1n) is 25.7. The minimum absolute atomic E-state index is 0.0766. The Hall–Kier alpha value is -1.92. The van der Waals surface area contributed by atoms with E-state index < -0.39 is 18.2 Å². The average molecular weight is 830 g/mol. The molecule has 6 nitrogen and oxygen atoms in total. The molecule has 59 heavy (non-hydrogen) atoms. The lowest BCUT2D eigenvalue weighted by atomic mass is 10.0. The SMILES string of the molecule is CC/C=C/C=C/C=C/CCCCCCCCCC(=O)OC(CCCCCCCCCCCCCCCC)CC(=O)NC(CO)C(O)CCCCCCCCCCCCC. The molecule has 0 bridgehead atoms. The first kappa shape index (κ1) is 57.1. The van der Waals surface area contributed by atoms with E-state index in [0.29, 0.717) is 19.3 Å². The van der Waals surface area contributed by atoms with Gasteiger partial charge < -0.3 is 20.3 Å². The molecule has 3 N–H and O–H groups in total. The van der Waals surface area contributed by atoms with Crippen molar-refractivity contribution in [2.75, 3.05) is 6.61 Å². The van der Waals surface area contributed by atoms with Crippen molar-refractivity contribution in [1.82, 2.24) is 5.32 Å². The van der Waals surface area contributed by atoms with Gasteiger partial charge in [0.2, 0.25) is 5.91 Å². The number of carbonyl (C=O) groups is 2. The number of esters is 1. The Bertz CT molecular complexity index is 977. The summed E-state index contributed by atoms with van der Waals surface area (Å²) in [6, 6.07) is -0.699. The van der Waals surface area contributed by atoms with Crippen LogP contribution in [0.15, 0.2) is 36.5 Å². The van der Waals surface area contributed by atoms with E-state index in [1.807, 2.05) is 0 Å². The number of hydrogen-bond donors (Lipinski definition) is 3. The van der Waals surface area contributed by atoms with Crippen LogP contribution in [0, 0.1) is 0 Å². The molecule has 1 amide bonds. The van der Waals surface area contributed by atoms with E-state index in [9.17, 15) is 19.8 Å². The third-order valence-electron chi connectivity index (χ3n) is 11.8. The summed E-state index contributed by atoms with van der Waals surface area (Å²) >= 11 is 0. The number of allylic oxidation sites excluding steroid dienone is 6. The highest BCUT2D eigenvalue weighted by Gasteiger charge is 2.24. The van der Waals surface area contributed by atoms with Crippen LogP contribution < -0.4 is 5.32 Å². The topological polar surface area (TPSA) is 95.9 Å². The molecular weight excluding hydrogens is 731 g/mol. The molecule has 3 atom stereocenters. The number of hydrogen-bond acceptors (Lipinski definition) is 5. The number of nitrogens with one attached hydrogen (secondary N) is 1. The van der Waals surface area contributed by atoms with Gasteiger partial charge in [-0.1, -0.05) is 243 Å². The molecule has 0 aliphatic carbocycles. The minimum atomic E-state index is -0.786. The quantitative estimate of drug-likeness (QED) is 0.0323. The third-order valence-corrected chi connectivity index (χ3v) is 11.8. The molecule has 6 heteroatoms. The molecule has 0 aliphatic rings. The fourth-order valence-electron chi connectivity index (χ4n) is 7.90. The summed E-state index contributed by atoms with van der Waals surface area (Å²) < 4.78 is 5.93. The average Bonchev–Trinajstić information content (AvgIpc) is 3.23. The fraction of sp³-hybridized carbons (Fsp3) is 0.849. The highest BCUT2D eigenvalue weighted by Crippen LogP contribution is 2.18. The summed E-state index contributed by atoms with van der Waals surface area (Å²) in [5, 5.41) is 23.7. The van der Waals surface area contributed by atoms with Crippen LogP contribution in [0.4, 0.5) is 0 Å². The summed E-state index contributed by atoms with van der Waals surface area (Å²) in [5.41, 5.74) is 0. The van der Waals surface area contributed by atoms with Crippen molar-refractivity contribution in [3.8, 4) is 0 Å². The lowest BCUT2D eigenvalue weighted by molar-refractivity contribution is -0.151. The summed E-state index contributed by atoms with van der Waals surface area (Å²) in [6.07, 6.45) is 54.9. The second-order valence-corrected chi connectivity index (χ2v) is 17.6. The van der Waals surface area contributed by atoms with Crippen LogP contribution in [0.3, 0.4) is 0 Å². The van der Waals surface area contributed by atoms with Crippen LogP contribution in [-0.2, 0) is 14.3 Å². The zero-order valence-electron chi connectivity index (χ0n) is 39.4. The van der Waals surface area contributed by atoms with Gasteiger partial charge in [0.05, 0.1) is 25.2 Å². The second-order valence-electron chi connectivity index (χ2n) is 17.6. The maximum atomic E-state index is 13.2. The van der Waals surface area contributed by atoms with Gasteiger partial charge in [0.25, 0.3) is 0 Å². The Labute approximate surface area is 366 Å². The molecule has 0 saturated carbocycles. The zero-order valence-corrected chi connectivity index (χ0v) is 39.4. The monoisotopic (exact) mass is 830 g/mol. The number of rotatable bonds is 46. The molecule has 0 radical (unpaired) electrons. The highest BCUT2D eigenvalue weighted by atomic mass is 16.5. The predicted octanol–water partition coefficient (Wildman–Crippen LogP) is 15.3. The molecule has 0 aromatic heterocycles. The molecule has 0 rings (SSSR count). The van der Waals surface area contributed by atoms with E-state index in [4.69, 9.17) is 4.74 Å². The first-order valence-corrected chi connectivity index (χ1v) is 25.7. The van der Waals surface area contributed by atoms with Gasteiger partial charge in [-0.05, 0) is 44.9 Å². The number of aliphatic hydroxyl groups is 2. The lowest BCUT2D eigenvalue weighted by Gasteiger charge is -2.24. The maximum Gasteiger partial charge on any atom is 0.306 e. The van der Waals surface area contributed by atoms with Crippen molar-refractivity contribution in [3.63, 3.8) is 0 Å². The number of aliphatic hydroxyl groups excluding tert-OH is 2. The summed E-state index contributed by atoms with van der Waals surface area (Å²) in [7, 11) is 0. The predicted molar refractivity (Wildman–Crippen MR) is 255 cm³/mol. The molecule has 0 aliphatic heterocycles. The minimum Gasteiger partial charge on any atom is -0.462 e. The molecule has 0 saturated heterocycles. The van der Waals surface area contributed by atoms with Gasteiger partial charge in [0.15, 0.2) is 0 Å². The van der Waals surface area contributed by atoms with Crippen LogP contribution in [0.5, 0.6) is 0 Å². The summed E-state index contributed by atoms with van der Waals surface area (Å²) in [5.74, 6) is -0.476. The van der Waals surface area contributed by atoms with Crippen LogP contribution in [-0.4, -0.2) is 46.9 Å². The van der Waals surface area contributed by atoms with Crippen molar-refractivity contribution in [2.24, 2.45) is 0 Å². The normalized spacial score (nSPS) is 13.5. The lowest BCUT2D eigenvalue weighted by Crippen LogP contribution is -2.46. The highest BCUT2D eigenvalue weighted by molar-refractivity contribution is 5.77. The van der Waals surface area contributed by atoms with E-state index in [0.717, 1.165) is 57.8 Å². The van der Waals surface area contributed by atoms with Crippen molar-refractivity contribution >= 4 is 11.9 Å². The van der Waals surface area contributed by atoms with E-state index in [1.165, 1.54) is 161 Å². The first-order chi connectivity index (χ1) is 29.0. The van der Waals surface area contributed by atoms with Crippen LogP contribution >= 0.6 is 0 Å². The van der Waals surface area contributed by atoms with Gasteiger partial charge in [0.1, 0.15) is 6.10 Å². The van der Waals surface area contributed by atoms with Crippen molar-refractivity contribution < 1.29 is 24.5 Å². The Morgan fingerprint density at radius 3 is 1.37 bits per heavy atom. The molecule has 346 valence electrons. The Morgan fingerprint density at radius 2 is 0.915 bits per heavy atom. The van der Waals surface area contributed by atoms with Gasteiger partial charge in [-0.25, -0.2) is 0 Å². The van der Waals surface area contributed by atoms with E-state index in [1.54, 1.807) is 0 Å². The van der Waals surface area contributed by atoms with Crippen molar-refractivity contribution in [3.05, 3.63) is 36.5 Å². The van der Waals surface area contributed by atoms with Crippen LogP contribution in [0.2, 0.25) is 0 Å². The molecule has 0 aromatic rings. The largest absolute Gasteiger partial charge is 0.462 e. The molecule has 0 aromatic carbocycles. The molecule has 0 heterocycles. The summed E-state index contributed by atoms with van der Waals surface area (Å²) in [4.78, 5) is 26.1. The van der Waals surface area contributed by atoms with Gasteiger partial charge in [-0.3, -0.25) is 9.59 Å². The van der Waals surface area contributed by atoms with Gasteiger partial charge in [-0.2, -0.15) is 0 Å². The third kappa shape index (κ3) is 42.6. The van der Waals surface area contributed by atoms with Gasteiger partial charge >= 0.3 is 5.97 Å². The van der Waals surface area contributed by atoms with E-state index >= 15 is 0 Å². The maximum absolute atomic E-state index is 13.2. The standard InChI is InChI=1S/C53H99NO5/c1-4-7-10-13-16-19-22-24-26-28-31-34-37-40-43-46-53(58)59-49(44-41-38-35-32-30-27-25-23-20-17-14-11-8-5-2)47-52(57)54-50(48-55)51(56)45-42-39-36-33-29-21-18-15-12-9-6-3/h7,10,13,16,19,22,49-51,55-56H,4-6,8-9,11-12,14-15,17-18,20-21,23-48H2,1-3H3,(H,54,57)/b10-7+,16-13+,22-19+. The van der Waals surface area contributed by atoms with Gasteiger partial charge in [0, 0.05) is 6.42 Å². The Kier molecular flexibility index (Phi) is 45.6. The number of unbranched alkanes of at least 4 members (excludes halogenated alkanes) is 30. The molecule has 0 fully saturated rings. The van der Waals surface area contributed by atoms with Crippen molar-refractivity contribution in [1.29, 1.82) is 0 Å². The van der Waals surface area contributed by atoms with Gasteiger partial charge in [-0.15, -0.1) is 0 Å². The second kappa shape index (κ2) is 47.1. The van der Waals surface area contributed by atoms with Crippen LogP contribution in [0.1, 0.15) is 265 Å². The van der Waals surface area contributed by atoms with E-state index in [-0.39, 0.29) is 24.9 Å². The number of amides is 1. The number of ether oxygens (including phenoxy) is 1. The van der Waals surface area contributed by atoms with Crippen LogP contribution in [0.25, 0.3) is 0 Å².